The maximum Gasteiger partial charge on any atom is 0.243 e. The Morgan fingerprint density at radius 3 is 2.20 bits per heavy atom. The molecule has 0 aliphatic rings. The minimum Gasteiger partial charge on any atom is -0.467 e. The Hall–Kier alpha value is -3.43. The first kappa shape index (κ1) is 26.2. The molecule has 0 saturated carbocycles. The van der Waals surface area contributed by atoms with E-state index >= 15 is 0 Å². The Balaban J connectivity index is 1.73. The van der Waals surface area contributed by atoms with E-state index in [9.17, 15) is 18.0 Å². The molecule has 9 heteroatoms. The van der Waals surface area contributed by atoms with Crippen LogP contribution in [-0.2, 0) is 32.6 Å². The Labute approximate surface area is 206 Å². The molecule has 0 saturated heterocycles. The normalized spacial score (nSPS) is 12.3. The molecular formula is C26H31N3O5S. The second-order valence-corrected chi connectivity index (χ2v) is 10.2. The topological polar surface area (TPSA) is 109 Å². The number of nitrogens with one attached hydrogen (secondary N) is 2. The van der Waals surface area contributed by atoms with Gasteiger partial charge in [-0.3, -0.25) is 9.59 Å². The Morgan fingerprint density at radius 2 is 1.60 bits per heavy atom. The van der Waals surface area contributed by atoms with Crippen molar-refractivity contribution in [2.75, 3.05) is 13.1 Å². The quantitative estimate of drug-likeness (QED) is 0.400. The van der Waals surface area contributed by atoms with Crippen LogP contribution in [0.15, 0.2) is 88.4 Å². The van der Waals surface area contributed by atoms with Crippen LogP contribution in [0, 0.1) is 5.92 Å². The number of carbonyl (C=O) groups is 2. The fourth-order valence-corrected chi connectivity index (χ4v) is 4.73. The van der Waals surface area contributed by atoms with Crippen molar-refractivity contribution in [3.8, 4) is 0 Å². The van der Waals surface area contributed by atoms with Gasteiger partial charge in [-0.15, -0.1) is 0 Å². The number of nitrogens with zero attached hydrogens (tertiary/aromatic N) is 1. The van der Waals surface area contributed by atoms with Gasteiger partial charge in [0.25, 0.3) is 0 Å². The van der Waals surface area contributed by atoms with Gasteiger partial charge in [0.15, 0.2) is 0 Å². The molecule has 2 aromatic carbocycles. The van der Waals surface area contributed by atoms with Crippen molar-refractivity contribution in [3.05, 3.63) is 90.4 Å². The van der Waals surface area contributed by atoms with Crippen LogP contribution >= 0.6 is 0 Å². The number of hydrogen-bond donors (Lipinski definition) is 2. The molecule has 3 rings (SSSR count). The standard InChI is InChI=1S/C26H31N3O5S/c1-20(2)25(26(31)27-16-15-21-10-5-3-6-11-21)29(19-22-12-9-17-34-22)24(30)18-28-35(32,33)23-13-7-4-8-14-23/h3-14,17,20,25,28H,15-16,18-19H2,1-2H3,(H,27,31)/t25-/m0/s1. The van der Waals surface area contributed by atoms with Gasteiger partial charge in [-0.25, -0.2) is 13.1 Å². The third kappa shape index (κ3) is 7.53. The molecule has 0 radical (unpaired) electrons. The first-order valence-corrected chi connectivity index (χ1v) is 12.9. The predicted octanol–water partition coefficient (Wildman–Crippen LogP) is 2.97. The van der Waals surface area contributed by atoms with Gasteiger partial charge in [-0.2, -0.15) is 0 Å². The molecule has 0 spiro atoms. The molecule has 3 aromatic rings. The molecule has 0 aliphatic heterocycles. The minimum absolute atomic E-state index is 0.0356. The van der Waals surface area contributed by atoms with Gasteiger partial charge < -0.3 is 14.6 Å². The Kier molecular flexibility index (Phi) is 9.22. The monoisotopic (exact) mass is 497 g/mol. The Bertz CT molecular complexity index is 1180. The highest BCUT2D eigenvalue weighted by atomic mass is 32.2. The Morgan fingerprint density at radius 1 is 0.943 bits per heavy atom. The maximum absolute atomic E-state index is 13.3. The second-order valence-electron chi connectivity index (χ2n) is 8.45. The molecule has 1 atom stereocenters. The summed E-state index contributed by atoms with van der Waals surface area (Å²) >= 11 is 0. The third-order valence-corrected chi connectivity index (χ3v) is 6.90. The molecule has 1 aromatic heterocycles. The molecule has 0 bridgehead atoms. The fraction of sp³-hybridized carbons (Fsp3) is 0.308. The van der Waals surface area contributed by atoms with Gasteiger partial charge in [0.2, 0.25) is 21.8 Å². The van der Waals surface area contributed by atoms with E-state index in [1.807, 2.05) is 44.2 Å². The van der Waals surface area contributed by atoms with E-state index < -0.39 is 28.5 Å². The summed E-state index contributed by atoms with van der Waals surface area (Å²) in [6.07, 6.45) is 2.14. The van der Waals surface area contributed by atoms with Crippen LogP contribution in [0.1, 0.15) is 25.2 Å². The molecule has 186 valence electrons. The molecule has 8 nitrogen and oxygen atoms in total. The first-order valence-electron chi connectivity index (χ1n) is 11.5. The van der Waals surface area contributed by atoms with Gasteiger partial charge in [-0.1, -0.05) is 62.4 Å². The number of sulfonamides is 1. The van der Waals surface area contributed by atoms with E-state index in [-0.39, 0.29) is 23.3 Å². The van der Waals surface area contributed by atoms with Crippen molar-refractivity contribution >= 4 is 21.8 Å². The van der Waals surface area contributed by atoms with Crippen molar-refractivity contribution < 1.29 is 22.4 Å². The van der Waals surface area contributed by atoms with Crippen LogP contribution in [0.2, 0.25) is 0 Å². The SMILES string of the molecule is CC(C)[C@@H](C(=O)NCCc1ccccc1)N(Cc1ccco1)C(=O)CNS(=O)(=O)c1ccccc1. The van der Waals surface area contributed by atoms with E-state index in [1.54, 1.807) is 30.3 Å². The van der Waals surface area contributed by atoms with Crippen LogP contribution in [0.4, 0.5) is 0 Å². The van der Waals surface area contributed by atoms with Gasteiger partial charge in [-0.05, 0) is 42.2 Å². The van der Waals surface area contributed by atoms with Gasteiger partial charge >= 0.3 is 0 Å². The van der Waals surface area contributed by atoms with Crippen molar-refractivity contribution in [3.63, 3.8) is 0 Å². The number of hydrogen-bond acceptors (Lipinski definition) is 5. The summed E-state index contributed by atoms with van der Waals surface area (Å²) in [5, 5.41) is 2.92. The number of benzene rings is 2. The molecule has 35 heavy (non-hydrogen) atoms. The van der Waals surface area contributed by atoms with E-state index in [1.165, 1.54) is 23.3 Å². The summed E-state index contributed by atoms with van der Waals surface area (Å²) in [5.74, 6) is -0.567. The van der Waals surface area contributed by atoms with Gasteiger partial charge in [0.05, 0.1) is 24.2 Å². The zero-order chi connectivity index (χ0) is 25.3. The van der Waals surface area contributed by atoms with Crippen LogP contribution in [-0.4, -0.2) is 44.3 Å². The van der Waals surface area contributed by atoms with E-state index in [0.29, 0.717) is 18.7 Å². The van der Waals surface area contributed by atoms with Crippen molar-refractivity contribution in [2.45, 2.75) is 37.8 Å². The lowest BCUT2D eigenvalue weighted by Gasteiger charge is -2.33. The second kappa shape index (κ2) is 12.3. The highest BCUT2D eigenvalue weighted by Crippen LogP contribution is 2.17. The van der Waals surface area contributed by atoms with Crippen molar-refractivity contribution in [2.24, 2.45) is 5.92 Å². The summed E-state index contributed by atoms with van der Waals surface area (Å²) in [6, 6.07) is 20.2. The van der Waals surface area contributed by atoms with Crippen LogP contribution in [0.25, 0.3) is 0 Å². The number of carbonyl (C=O) groups excluding carboxylic acids is 2. The van der Waals surface area contributed by atoms with E-state index in [4.69, 9.17) is 4.42 Å². The van der Waals surface area contributed by atoms with Crippen molar-refractivity contribution in [1.29, 1.82) is 0 Å². The lowest BCUT2D eigenvalue weighted by molar-refractivity contribution is -0.142. The zero-order valence-electron chi connectivity index (χ0n) is 19.9. The number of furan rings is 1. The van der Waals surface area contributed by atoms with Gasteiger partial charge in [0, 0.05) is 6.54 Å². The molecule has 0 fully saturated rings. The zero-order valence-corrected chi connectivity index (χ0v) is 20.7. The summed E-state index contributed by atoms with van der Waals surface area (Å²) in [6.45, 7) is 3.65. The van der Waals surface area contributed by atoms with Crippen LogP contribution in [0.3, 0.4) is 0 Å². The predicted molar refractivity (Wildman–Crippen MR) is 133 cm³/mol. The summed E-state index contributed by atoms with van der Waals surface area (Å²) in [4.78, 5) is 27.9. The number of amides is 2. The first-order chi connectivity index (χ1) is 16.8. The minimum atomic E-state index is -3.88. The maximum atomic E-state index is 13.3. The molecule has 2 amide bonds. The smallest absolute Gasteiger partial charge is 0.243 e. The molecule has 2 N–H and O–H groups in total. The third-order valence-electron chi connectivity index (χ3n) is 5.49. The highest BCUT2D eigenvalue weighted by molar-refractivity contribution is 7.89. The van der Waals surface area contributed by atoms with Crippen LogP contribution < -0.4 is 10.0 Å². The summed E-state index contributed by atoms with van der Waals surface area (Å²) in [7, 11) is -3.88. The fourth-order valence-electron chi connectivity index (χ4n) is 3.74. The molecule has 1 heterocycles. The molecular weight excluding hydrogens is 466 g/mol. The van der Waals surface area contributed by atoms with Gasteiger partial charge in [0.1, 0.15) is 11.8 Å². The van der Waals surface area contributed by atoms with E-state index in [2.05, 4.69) is 10.0 Å². The molecule has 0 aliphatic carbocycles. The summed E-state index contributed by atoms with van der Waals surface area (Å²) < 4.78 is 33.0. The molecule has 0 unspecified atom stereocenters. The average molecular weight is 498 g/mol. The van der Waals surface area contributed by atoms with Crippen LogP contribution in [0.5, 0.6) is 0 Å². The summed E-state index contributed by atoms with van der Waals surface area (Å²) in [5.41, 5.74) is 1.09. The lowest BCUT2D eigenvalue weighted by atomic mass is 10.0. The number of rotatable bonds is 12. The largest absolute Gasteiger partial charge is 0.467 e. The highest BCUT2D eigenvalue weighted by Gasteiger charge is 2.33. The lowest BCUT2D eigenvalue weighted by Crippen LogP contribution is -2.54. The van der Waals surface area contributed by atoms with E-state index in [0.717, 1.165) is 5.56 Å². The average Bonchev–Trinajstić information content (AvgIpc) is 3.36. The van der Waals surface area contributed by atoms with Crippen molar-refractivity contribution in [1.82, 2.24) is 14.9 Å².